The fourth-order valence-electron chi connectivity index (χ4n) is 3.08. The quantitative estimate of drug-likeness (QED) is 0.273. The van der Waals surface area contributed by atoms with Gasteiger partial charge in [0.2, 0.25) is 0 Å². The summed E-state index contributed by atoms with van der Waals surface area (Å²) in [4.78, 5) is 21.7. The second-order valence-electron chi connectivity index (χ2n) is 6.88. The summed E-state index contributed by atoms with van der Waals surface area (Å²) >= 11 is 0. The van der Waals surface area contributed by atoms with E-state index in [-0.39, 0.29) is 5.78 Å². The van der Waals surface area contributed by atoms with Gasteiger partial charge in [-0.3, -0.25) is 4.79 Å². The number of hydrogen-bond donors (Lipinski definition) is 2. The summed E-state index contributed by atoms with van der Waals surface area (Å²) in [5, 5.41) is 6.48. The topological polar surface area (TPSA) is 76.1 Å². The van der Waals surface area contributed by atoms with Crippen LogP contribution >= 0.6 is 0 Å². The second kappa shape index (κ2) is 10.0. The van der Waals surface area contributed by atoms with E-state index in [2.05, 4.69) is 20.6 Å². The first-order valence-corrected chi connectivity index (χ1v) is 10.1. The molecule has 2 heterocycles. The van der Waals surface area contributed by atoms with Gasteiger partial charge in [-0.25, -0.2) is 9.97 Å². The Balaban J connectivity index is 1.53. The van der Waals surface area contributed by atoms with E-state index < -0.39 is 0 Å². The van der Waals surface area contributed by atoms with Crippen molar-refractivity contribution in [1.29, 1.82) is 0 Å². The third-order valence-corrected chi connectivity index (χ3v) is 4.72. The SMILES string of the molecule is COc1ccc(Nc2ncccc2C=CC(=O)c2cccnc2Nc2ccccc2)cc1. The normalized spacial score (nSPS) is 10.7. The van der Waals surface area contributed by atoms with Crippen molar-refractivity contribution in [2.45, 2.75) is 0 Å². The molecule has 0 radical (unpaired) electrons. The van der Waals surface area contributed by atoms with Gasteiger partial charge >= 0.3 is 0 Å². The summed E-state index contributed by atoms with van der Waals surface area (Å²) in [6.07, 6.45) is 6.64. The molecular formula is C26H22N4O2. The number of methoxy groups -OCH3 is 1. The van der Waals surface area contributed by atoms with Crippen LogP contribution in [0.3, 0.4) is 0 Å². The number of para-hydroxylation sites is 1. The molecule has 2 N–H and O–H groups in total. The summed E-state index contributed by atoms with van der Waals surface area (Å²) in [6, 6.07) is 24.4. The van der Waals surface area contributed by atoms with Crippen molar-refractivity contribution < 1.29 is 9.53 Å². The molecule has 0 saturated heterocycles. The number of anilines is 4. The summed E-state index contributed by atoms with van der Waals surface area (Å²) in [5.41, 5.74) is 3.01. The first-order valence-electron chi connectivity index (χ1n) is 10.1. The minimum atomic E-state index is -0.157. The number of ketones is 1. The monoisotopic (exact) mass is 422 g/mol. The standard InChI is InChI=1S/C26H22N4O2/c1-32-22-14-12-21(13-15-22)29-25-19(7-5-17-27-25)11-16-24(31)23-10-6-18-28-26(23)30-20-8-3-2-4-9-20/h2-18H,1H3,(H,27,29)(H,28,30). The number of carbonyl (C=O) groups excluding carboxylic acids is 1. The predicted octanol–water partition coefficient (Wildman–Crippen LogP) is 5.87. The van der Waals surface area contributed by atoms with E-state index in [1.807, 2.05) is 66.7 Å². The van der Waals surface area contributed by atoms with Crippen molar-refractivity contribution in [3.05, 3.63) is 108 Å². The lowest BCUT2D eigenvalue weighted by atomic mass is 10.1. The number of rotatable bonds is 8. The highest BCUT2D eigenvalue weighted by Crippen LogP contribution is 2.23. The lowest BCUT2D eigenvalue weighted by Gasteiger charge is -2.10. The van der Waals surface area contributed by atoms with Gasteiger partial charge in [0, 0.05) is 29.3 Å². The molecule has 2 aromatic carbocycles. The highest BCUT2D eigenvalue weighted by atomic mass is 16.5. The highest BCUT2D eigenvalue weighted by Gasteiger charge is 2.10. The molecule has 6 nitrogen and oxygen atoms in total. The minimum Gasteiger partial charge on any atom is -0.497 e. The van der Waals surface area contributed by atoms with E-state index in [9.17, 15) is 4.79 Å². The van der Waals surface area contributed by atoms with Gasteiger partial charge in [-0.05, 0) is 72.8 Å². The number of nitrogens with one attached hydrogen (secondary N) is 2. The van der Waals surface area contributed by atoms with Crippen molar-refractivity contribution in [3.8, 4) is 5.75 Å². The van der Waals surface area contributed by atoms with E-state index in [1.165, 1.54) is 6.08 Å². The molecule has 0 saturated carbocycles. The fourth-order valence-corrected chi connectivity index (χ4v) is 3.08. The largest absolute Gasteiger partial charge is 0.497 e. The van der Waals surface area contributed by atoms with E-state index >= 15 is 0 Å². The number of pyridine rings is 2. The van der Waals surface area contributed by atoms with Crippen molar-refractivity contribution in [3.63, 3.8) is 0 Å². The zero-order valence-electron chi connectivity index (χ0n) is 17.5. The lowest BCUT2D eigenvalue weighted by Crippen LogP contribution is -2.03. The summed E-state index contributed by atoms with van der Waals surface area (Å²) in [5.74, 6) is 1.78. The van der Waals surface area contributed by atoms with Crippen LogP contribution < -0.4 is 15.4 Å². The zero-order valence-corrected chi connectivity index (χ0v) is 17.5. The highest BCUT2D eigenvalue weighted by molar-refractivity contribution is 6.10. The number of carbonyl (C=O) groups is 1. The van der Waals surface area contributed by atoms with Gasteiger partial charge in [0.25, 0.3) is 0 Å². The van der Waals surface area contributed by atoms with Crippen molar-refractivity contribution in [1.82, 2.24) is 9.97 Å². The van der Waals surface area contributed by atoms with Crippen LogP contribution in [0.5, 0.6) is 5.75 Å². The molecule has 4 aromatic rings. The molecule has 0 aliphatic heterocycles. The maximum absolute atomic E-state index is 12.9. The van der Waals surface area contributed by atoms with Gasteiger partial charge in [0.05, 0.1) is 12.7 Å². The molecule has 0 amide bonds. The molecule has 0 atom stereocenters. The fraction of sp³-hybridized carbons (Fsp3) is 0.0385. The van der Waals surface area contributed by atoms with Gasteiger partial charge in [-0.2, -0.15) is 0 Å². The molecule has 0 spiro atoms. The predicted molar refractivity (Wildman–Crippen MR) is 128 cm³/mol. The Hall–Kier alpha value is -4.45. The Bertz CT molecular complexity index is 1220. The molecule has 6 heteroatoms. The molecule has 32 heavy (non-hydrogen) atoms. The van der Waals surface area contributed by atoms with Crippen molar-refractivity contribution in [2.75, 3.05) is 17.7 Å². The number of hydrogen-bond acceptors (Lipinski definition) is 6. The van der Waals surface area contributed by atoms with Gasteiger partial charge < -0.3 is 15.4 Å². The van der Waals surface area contributed by atoms with Crippen LogP contribution in [0.15, 0.2) is 97.3 Å². The molecule has 4 rings (SSSR count). The minimum absolute atomic E-state index is 0.157. The Morgan fingerprint density at radius 1 is 0.781 bits per heavy atom. The van der Waals surface area contributed by atoms with E-state index in [4.69, 9.17) is 4.74 Å². The van der Waals surface area contributed by atoms with E-state index in [0.29, 0.717) is 17.2 Å². The Morgan fingerprint density at radius 3 is 2.19 bits per heavy atom. The third-order valence-electron chi connectivity index (χ3n) is 4.72. The van der Waals surface area contributed by atoms with Crippen LogP contribution in [0, 0.1) is 0 Å². The van der Waals surface area contributed by atoms with Gasteiger partial charge in [-0.1, -0.05) is 18.2 Å². The molecule has 2 aromatic heterocycles. The number of aromatic nitrogens is 2. The summed E-state index contributed by atoms with van der Waals surface area (Å²) in [7, 11) is 1.63. The smallest absolute Gasteiger partial charge is 0.189 e. The second-order valence-corrected chi connectivity index (χ2v) is 6.88. The molecule has 0 bridgehead atoms. The molecule has 0 aliphatic carbocycles. The van der Waals surface area contributed by atoms with Gasteiger partial charge in [-0.15, -0.1) is 0 Å². The molecule has 0 fully saturated rings. The Morgan fingerprint density at radius 2 is 1.44 bits per heavy atom. The summed E-state index contributed by atoms with van der Waals surface area (Å²) < 4.78 is 5.19. The van der Waals surface area contributed by atoms with Gasteiger partial charge in [0.15, 0.2) is 5.78 Å². The van der Waals surface area contributed by atoms with Crippen LogP contribution in [0.2, 0.25) is 0 Å². The average molecular weight is 422 g/mol. The van der Waals surface area contributed by atoms with Crippen LogP contribution in [0.4, 0.5) is 23.0 Å². The lowest BCUT2D eigenvalue weighted by molar-refractivity contribution is 0.104. The van der Waals surface area contributed by atoms with Crippen LogP contribution in [0.1, 0.15) is 15.9 Å². The molecule has 0 aliphatic rings. The van der Waals surface area contributed by atoms with Crippen LogP contribution in [0.25, 0.3) is 6.08 Å². The van der Waals surface area contributed by atoms with Gasteiger partial charge in [0.1, 0.15) is 17.4 Å². The molecular weight excluding hydrogens is 400 g/mol. The Labute approximate surface area is 186 Å². The van der Waals surface area contributed by atoms with Crippen LogP contribution in [-0.2, 0) is 0 Å². The average Bonchev–Trinajstić information content (AvgIpc) is 2.85. The molecule has 158 valence electrons. The number of nitrogens with zero attached hydrogens (tertiary/aromatic N) is 2. The van der Waals surface area contributed by atoms with E-state index in [1.54, 1.807) is 37.7 Å². The van der Waals surface area contributed by atoms with Crippen molar-refractivity contribution >= 4 is 34.9 Å². The number of ether oxygens (including phenoxy) is 1. The zero-order chi connectivity index (χ0) is 22.2. The molecule has 0 unspecified atom stereocenters. The third kappa shape index (κ3) is 5.17. The van der Waals surface area contributed by atoms with E-state index in [0.717, 1.165) is 22.7 Å². The maximum Gasteiger partial charge on any atom is 0.189 e. The maximum atomic E-state index is 12.9. The number of allylic oxidation sites excluding steroid dienone is 1. The van der Waals surface area contributed by atoms with Crippen LogP contribution in [-0.4, -0.2) is 22.9 Å². The van der Waals surface area contributed by atoms with Crippen molar-refractivity contribution in [2.24, 2.45) is 0 Å². The Kier molecular flexibility index (Phi) is 6.53. The number of benzene rings is 2. The first kappa shape index (κ1) is 20.8. The summed E-state index contributed by atoms with van der Waals surface area (Å²) in [6.45, 7) is 0. The first-order chi connectivity index (χ1) is 15.7.